The zero-order chi connectivity index (χ0) is 19.0. The Bertz CT molecular complexity index is 626. The van der Waals surface area contributed by atoms with E-state index in [1.165, 1.54) is 11.4 Å². The second kappa shape index (κ2) is 7.37. The Balaban J connectivity index is 1.39. The second-order valence-corrected chi connectivity index (χ2v) is 8.85. The quantitative estimate of drug-likeness (QED) is 0.728. The van der Waals surface area contributed by atoms with Crippen molar-refractivity contribution in [3.8, 4) is 6.07 Å². The summed E-state index contributed by atoms with van der Waals surface area (Å²) in [5, 5.41) is 15.4. The third kappa shape index (κ3) is 3.43. The summed E-state index contributed by atoms with van der Waals surface area (Å²) in [7, 11) is 0. The Labute approximate surface area is 159 Å². The minimum Gasteiger partial charge on any atom is -0.320 e. The SMILES string of the molecule is N#CC1(C2CCCCC2)CN(C(=O)N2N=CC[C@H]2C2CC(F)CC(F)C2)C1. The van der Waals surface area contributed by atoms with Crippen LogP contribution in [-0.4, -0.2) is 53.6 Å². The zero-order valence-corrected chi connectivity index (χ0v) is 15.7. The number of hydrogen-bond donors (Lipinski definition) is 0. The van der Waals surface area contributed by atoms with Gasteiger partial charge in [-0.15, -0.1) is 0 Å². The lowest BCUT2D eigenvalue weighted by Gasteiger charge is -2.51. The average Bonchev–Trinajstić information content (AvgIpc) is 3.11. The van der Waals surface area contributed by atoms with Gasteiger partial charge >= 0.3 is 6.03 Å². The van der Waals surface area contributed by atoms with Gasteiger partial charge in [0.15, 0.2) is 0 Å². The minimum absolute atomic E-state index is 0.0315. The van der Waals surface area contributed by atoms with E-state index < -0.39 is 17.8 Å². The molecule has 27 heavy (non-hydrogen) atoms. The summed E-state index contributed by atoms with van der Waals surface area (Å²) in [6.07, 6.45) is 6.20. The van der Waals surface area contributed by atoms with Crippen molar-refractivity contribution in [1.29, 1.82) is 5.26 Å². The third-order valence-corrected chi connectivity index (χ3v) is 7.06. The first-order valence-corrected chi connectivity index (χ1v) is 10.3. The largest absolute Gasteiger partial charge is 0.340 e. The molecule has 0 bridgehead atoms. The van der Waals surface area contributed by atoms with Crippen molar-refractivity contribution < 1.29 is 13.6 Å². The Morgan fingerprint density at radius 2 is 1.78 bits per heavy atom. The van der Waals surface area contributed by atoms with Crippen LogP contribution in [0.15, 0.2) is 5.10 Å². The Morgan fingerprint density at radius 3 is 2.41 bits per heavy atom. The molecule has 7 heteroatoms. The highest BCUT2D eigenvalue weighted by Gasteiger charge is 2.53. The number of hydrazone groups is 1. The summed E-state index contributed by atoms with van der Waals surface area (Å²) in [5.74, 6) is 0.173. The van der Waals surface area contributed by atoms with Crippen LogP contribution in [0.2, 0.25) is 0 Å². The molecule has 0 aromatic carbocycles. The highest BCUT2D eigenvalue weighted by Crippen LogP contribution is 2.45. The maximum Gasteiger partial charge on any atom is 0.340 e. The normalized spacial score (nSPS) is 36.3. The predicted molar refractivity (Wildman–Crippen MR) is 97.5 cm³/mol. The second-order valence-electron chi connectivity index (χ2n) is 8.85. The first kappa shape index (κ1) is 18.6. The van der Waals surface area contributed by atoms with Crippen LogP contribution >= 0.6 is 0 Å². The average molecular weight is 378 g/mol. The molecule has 4 rings (SSSR count). The fourth-order valence-electron chi connectivity index (χ4n) is 5.54. The van der Waals surface area contributed by atoms with Crippen LogP contribution in [0.5, 0.6) is 0 Å². The topological polar surface area (TPSA) is 59.7 Å². The van der Waals surface area contributed by atoms with E-state index in [0.717, 1.165) is 25.7 Å². The van der Waals surface area contributed by atoms with Gasteiger partial charge < -0.3 is 4.90 Å². The van der Waals surface area contributed by atoms with Gasteiger partial charge in [0.1, 0.15) is 12.3 Å². The molecule has 0 spiro atoms. The maximum atomic E-state index is 13.8. The van der Waals surface area contributed by atoms with E-state index in [1.807, 2.05) is 0 Å². The van der Waals surface area contributed by atoms with E-state index in [2.05, 4.69) is 11.2 Å². The predicted octanol–water partition coefficient (Wildman–Crippen LogP) is 4.05. The molecule has 0 N–H and O–H groups in total. The summed E-state index contributed by atoms with van der Waals surface area (Å²) >= 11 is 0. The molecule has 3 fully saturated rings. The summed E-state index contributed by atoms with van der Waals surface area (Å²) < 4.78 is 27.6. The lowest BCUT2D eigenvalue weighted by Crippen LogP contribution is -2.64. The van der Waals surface area contributed by atoms with Gasteiger partial charge in [0.05, 0.1) is 17.5 Å². The van der Waals surface area contributed by atoms with Crippen LogP contribution in [0, 0.1) is 28.6 Å². The molecule has 0 aromatic heterocycles. The van der Waals surface area contributed by atoms with Crippen LogP contribution < -0.4 is 0 Å². The molecular weight excluding hydrogens is 350 g/mol. The number of rotatable bonds is 2. The van der Waals surface area contributed by atoms with Crippen molar-refractivity contribution in [2.45, 2.75) is 76.2 Å². The third-order valence-electron chi connectivity index (χ3n) is 7.06. The molecular formula is C20H28F2N4O. The van der Waals surface area contributed by atoms with E-state index in [9.17, 15) is 18.8 Å². The number of nitriles is 1. The minimum atomic E-state index is -1.14. The van der Waals surface area contributed by atoms with E-state index in [1.54, 1.807) is 11.1 Å². The van der Waals surface area contributed by atoms with Gasteiger partial charge in [0, 0.05) is 32.1 Å². The molecule has 0 radical (unpaired) electrons. The van der Waals surface area contributed by atoms with Crippen molar-refractivity contribution in [3.63, 3.8) is 0 Å². The molecule has 3 atom stereocenters. The summed E-state index contributed by atoms with van der Waals surface area (Å²) in [6, 6.07) is 2.02. The first-order valence-electron chi connectivity index (χ1n) is 10.3. The summed E-state index contributed by atoms with van der Waals surface area (Å²) in [6.45, 7) is 0.905. The molecule has 5 nitrogen and oxygen atoms in total. The molecule has 2 aliphatic heterocycles. The molecule has 2 unspecified atom stereocenters. The van der Waals surface area contributed by atoms with Gasteiger partial charge in [-0.2, -0.15) is 10.4 Å². The van der Waals surface area contributed by atoms with Gasteiger partial charge in [-0.05, 0) is 37.5 Å². The van der Waals surface area contributed by atoms with Crippen LogP contribution in [0.4, 0.5) is 13.6 Å². The molecule has 2 aliphatic carbocycles. The number of carbonyl (C=O) groups is 1. The van der Waals surface area contributed by atoms with Crippen LogP contribution in [0.3, 0.4) is 0 Å². The Morgan fingerprint density at radius 1 is 1.11 bits per heavy atom. The molecule has 2 heterocycles. The van der Waals surface area contributed by atoms with E-state index >= 15 is 0 Å². The van der Waals surface area contributed by atoms with Crippen LogP contribution in [0.1, 0.15) is 57.8 Å². The van der Waals surface area contributed by atoms with E-state index in [0.29, 0.717) is 38.3 Å². The monoisotopic (exact) mass is 378 g/mol. The van der Waals surface area contributed by atoms with Gasteiger partial charge in [0.25, 0.3) is 0 Å². The van der Waals surface area contributed by atoms with Crippen molar-refractivity contribution in [1.82, 2.24) is 9.91 Å². The molecule has 2 saturated carbocycles. The number of carbonyl (C=O) groups excluding carboxylic acids is 1. The highest BCUT2D eigenvalue weighted by atomic mass is 19.1. The standard InChI is InChI=1S/C20H28F2N4O/c21-16-8-14(9-17(22)10-16)18-6-7-24-26(18)19(27)25-12-20(11-23,13-25)15-4-2-1-3-5-15/h7,14-18H,1-6,8-10,12-13H2/t14?,16?,17?,18-/m0/s1. The first-order chi connectivity index (χ1) is 13.0. The van der Waals surface area contributed by atoms with Gasteiger partial charge in [-0.1, -0.05) is 19.3 Å². The van der Waals surface area contributed by atoms with E-state index in [4.69, 9.17) is 0 Å². The molecule has 4 aliphatic rings. The van der Waals surface area contributed by atoms with Gasteiger partial charge in [0.2, 0.25) is 0 Å². The fourth-order valence-corrected chi connectivity index (χ4v) is 5.54. The lowest BCUT2D eigenvalue weighted by atomic mass is 9.65. The van der Waals surface area contributed by atoms with Crippen LogP contribution in [0.25, 0.3) is 0 Å². The molecule has 2 amide bonds. The van der Waals surface area contributed by atoms with Crippen molar-refractivity contribution >= 4 is 12.2 Å². The van der Waals surface area contributed by atoms with Gasteiger partial charge in [-0.25, -0.2) is 18.6 Å². The number of hydrogen-bond acceptors (Lipinski definition) is 3. The Hall–Kier alpha value is -1.71. The lowest BCUT2D eigenvalue weighted by molar-refractivity contribution is -0.00712. The highest BCUT2D eigenvalue weighted by molar-refractivity contribution is 5.79. The maximum absolute atomic E-state index is 13.8. The summed E-state index contributed by atoms with van der Waals surface area (Å²) in [4.78, 5) is 14.7. The van der Waals surface area contributed by atoms with E-state index in [-0.39, 0.29) is 24.4 Å². The number of halogens is 2. The van der Waals surface area contributed by atoms with Crippen molar-refractivity contribution in [3.05, 3.63) is 0 Å². The number of urea groups is 1. The van der Waals surface area contributed by atoms with Gasteiger partial charge in [-0.3, -0.25) is 0 Å². The number of alkyl halides is 2. The van der Waals surface area contributed by atoms with Crippen molar-refractivity contribution in [2.75, 3.05) is 13.1 Å². The number of amides is 2. The fraction of sp³-hybridized carbons (Fsp3) is 0.850. The smallest absolute Gasteiger partial charge is 0.320 e. The Kier molecular flexibility index (Phi) is 5.09. The van der Waals surface area contributed by atoms with Crippen LogP contribution in [-0.2, 0) is 0 Å². The molecule has 0 aromatic rings. The van der Waals surface area contributed by atoms with Crippen molar-refractivity contribution in [2.24, 2.45) is 22.4 Å². The number of likely N-dealkylation sites (tertiary alicyclic amines) is 1. The number of nitrogens with zero attached hydrogens (tertiary/aromatic N) is 4. The molecule has 1 saturated heterocycles. The molecule has 148 valence electrons. The summed E-state index contributed by atoms with van der Waals surface area (Å²) in [5.41, 5.74) is -0.423. The zero-order valence-electron chi connectivity index (χ0n) is 15.7.